The van der Waals surface area contributed by atoms with Crippen molar-refractivity contribution >= 4 is 23.2 Å². The van der Waals surface area contributed by atoms with Gasteiger partial charge in [0.15, 0.2) is 0 Å². The van der Waals surface area contributed by atoms with Crippen LogP contribution in [0.15, 0.2) is 54.6 Å². The molecule has 0 bridgehead atoms. The summed E-state index contributed by atoms with van der Waals surface area (Å²) in [6.07, 6.45) is -3.55. The minimum absolute atomic E-state index is 0.0557. The number of alkyl halides is 3. The van der Waals surface area contributed by atoms with Crippen molar-refractivity contribution in [1.82, 2.24) is 5.32 Å². The Balaban J connectivity index is 1.60. The standard InChI is InChI=1S/C22H22F3N3O2/c23-22(24,25)18-12-19(29)27-16-8-4-5-9-17(16)28(18)20(30)13-26-21(15-10-11-15)14-6-2-1-3-7-14/h1-9,15,18,21,26H,10-13H2,(H,27,29). The summed E-state index contributed by atoms with van der Waals surface area (Å²) in [4.78, 5) is 25.9. The summed E-state index contributed by atoms with van der Waals surface area (Å²) >= 11 is 0. The molecule has 1 saturated carbocycles. The van der Waals surface area contributed by atoms with Crippen LogP contribution in [0.1, 0.15) is 30.9 Å². The van der Waals surface area contributed by atoms with Crippen LogP contribution < -0.4 is 15.5 Å². The highest BCUT2D eigenvalue weighted by Gasteiger charge is 2.49. The van der Waals surface area contributed by atoms with Crippen LogP contribution in [0.25, 0.3) is 0 Å². The molecule has 2 aromatic carbocycles. The predicted octanol–water partition coefficient (Wildman–Crippen LogP) is 4.03. The zero-order chi connectivity index (χ0) is 21.3. The largest absolute Gasteiger partial charge is 0.409 e. The van der Waals surface area contributed by atoms with Crippen LogP contribution in [0, 0.1) is 5.92 Å². The van der Waals surface area contributed by atoms with Gasteiger partial charge in [0.2, 0.25) is 11.8 Å². The van der Waals surface area contributed by atoms with Gasteiger partial charge in [0.25, 0.3) is 0 Å². The van der Waals surface area contributed by atoms with Gasteiger partial charge in [0.1, 0.15) is 6.04 Å². The molecule has 2 amide bonds. The van der Waals surface area contributed by atoms with Crippen LogP contribution in [-0.2, 0) is 9.59 Å². The predicted molar refractivity (Wildman–Crippen MR) is 107 cm³/mol. The van der Waals surface area contributed by atoms with Crippen LogP contribution in [0.3, 0.4) is 0 Å². The molecule has 1 aliphatic heterocycles. The first-order chi connectivity index (χ1) is 14.3. The second-order valence-corrected chi connectivity index (χ2v) is 7.70. The van der Waals surface area contributed by atoms with Gasteiger partial charge in [-0.1, -0.05) is 42.5 Å². The average molecular weight is 417 g/mol. The van der Waals surface area contributed by atoms with Crippen molar-refractivity contribution in [2.45, 2.75) is 37.5 Å². The van der Waals surface area contributed by atoms with Crippen molar-refractivity contribution in [2.24, 2.45) is 5.92 Å². The second-order valence-electron chi connectivity index (χ2n) is 7.70. The van der Waals surface area contributed by atoms with E-state index in [2.05, 4.69) is 10.6 Å². The van der Waals surface area contributed by atoms with Crippen LogP contribution in [0.4, 0.5) is 24.5 Å². The number of anilines is 2. The van der Waals surface area contributed by atoms with Crippen molar-refractivity contribution < 1.29 is 22.8 Å². The molecular weight excluding hydrogens is 395 g/mol. The quantitative estimate of drug-likeness (QED) is 0.772. The molecule has 0 spiro atoms. The first-order valence-corrected chi connectivity index (χ1v) is 9.90. The third kappa shape index (κ3) is 4.33. The Labute approximate surface area is 172 Å². The van der Waals surface area contributed by atoms with E-state index < -0.39 is 30.5 Å². The van der Waals surface area contributed by atoms with E-state index in [1.807, 2.05) is 30.3 Å². The van der Waals surface area contributed by atoms with Crippen LogP contribution in [0.2, 0.25) is 0 Å². The number of halogens is 3. The molecule has 2 aliphatic rings. The molecule has 5 nitrogen and oxygen atoms in total. The molecule has 2 aromatic rings. The molecule has 2 atom stereocenters. The number of hydrogen-bond donors (Lipinski definition) is 2. The summed E-state index contributed by atoms with van der Waals surface area (Å²) in [6, 6.07) is 13.3. The van der Waals surface area contributed by atoms with E-state index in [1.165, 1.54) is 12.1 Å². The zero-order valence-corrected chi connectivity index (χ0v) is 16.2. The van der Waals surface area contributed by atoms with E-state index in [9.17, 15) is 22.8 Å². The Morgan fingerprint density at radius 3 is 2.43 bits per heavy atom. The van der Waals surface area contributed by atoms with Gasteiger partial charge in [-0.15, -0.1) is 0 Å². The zero-order valence-electron chi connectivity index (χ0n) is 16.2. The Bertz CT molecular complexity index is 929. The molecular formula is C22H22F3N3O2. The lowest BCUT2D eigenvalue weighted by molar-refractivity contribution is -0.157. The first-order valence-electron chi connectivity index (χ1n) is 9.90. The van der Waals surface area contributed by atoms with E-state index in [0.717, 1.165) is 23.3 Å². The van der Waals surface area contributed by atoms with Gasteiger partial charge >= 0.3 is 6.18 Å². The number of nitrogens with one attached hydrogen (secondary N) is 2. The maximum absolute atomic E-state index is 13.8. The summed E-state index contributed by atoms with van der Waals surface area (Å²) in [5.74, 6) is -1.13. The maximum atomic E-state index is 13.8. The summed E-state index contributed by atoms with van der Waals surface area (Å²) in [6.45, 7) is -0.259. The van der Waals surface area contributed by atoms with Gasteiger partial charge < -0.3 is 10.6 Å². The number of nitrogens with zero attached hydrogens (tertiary/aromatic N) is 1. The van der Waals surface area contributed by atoms with Crippen molar-refractivity contribution in [1.29, 1.82) is 0 Å². The minimum atomic E-state index is -4.74. The molecule has 158 valence electrons. The summed E-state index contributed by atoms with van der Waals surface area (Å²) < 4.78 is 41.4. The van der Waals surface area contributed by atoms with Gasteiger partial charge in [-0.25, -0.2) is 0 Å². The number of carbonyl (C=O) groups excluding carboxylic acids is 2. The van der Waals surface area contributed by atoms with Crippen molar-refractivity contribution in [2.75, 3.05) is 16.8 Å². The molecule has 30 heavy (non-hydrogen) atoms. The van der Waals surface area contributed by atoms with Gasteiger partial charge in [-0.05, 0) is 36.5 Å². The highest BCUT2D eigenvalue weighted by Crippen LogP contribution is 2.41. The average Bonchev–Trinajstić information content (AvgIpc) is 3.54. The van der Waals surface area contributed by atoms with E-state index in [1.54, 1.807) is 12.1 Å². The highest BCUT2D eigenvalue weighted by atomic mass is 19.4. The van der Waals surface area contributed by atoms with E-state index in [0.29, 0.717) is 5.92 Å². The smallest absolute Gasteiger partial charge is 0.324 e. The molecule has 0 radical (unpaired) electrons. The van der Waals surface area contributed by atoms with Gasteiger partial charge in [0.05, 0.1) is 24.3 Å². The number of fused-ring (bicyclic) bond motifs is 1. The molecule has 0 saturated heterocycles. The van der Waals surface area contributed by atoms with Crippen LogP contribution in [0.5, 0.6) is 0 Å². The summed E-state index contributed by atoms with van der Waals surface area (Å²) in [5.41, 5.74) is 1.26. The SMILES string of the molecule is O=C1CC(C(F)(F)F)N(C(=O)CNC(c2ccccc2)C2CC2)c2ccccc2N1. The molecule has 1 heterocycles. The number of hydrogen-bond acceptors (Lipinski definition) is 3. The van der Waals surface area contributed by atoms with Gasteiger partial charge in [-0.2, -0.15) is 13.2 Å². The van der Waals surface area contributed by atoms with Crippen molar-refractivity contribution in [3.8, 4) is 0 Å². The Kier molecular flexibility index (Phi) is 5.51. The van der Waals surface area contributed by atoms with Crippen LogP contribution >= 0.6 is 0 Å². The summed E-state index contributed by atoms with van der Waals surface area (Å²) in [7, 11) is 0. The van der Waals surface area contributed by atoms with Gasteiger partial charge in [-0.3, -0.25) is 14.5 Å². The third-order valence-electron chi connectivity index (χ3n) is 5.50. The fourth-order valence-corrected chi connectivity index (χ4v) is 3.92. The molecule has 0 aromatic heterocycles. The van der Waals surface area contributed by atoms with Crippen molar-refractivity contribution in [3.63, 3.8) is 0 Å². The number of benzene rings is 2. The maximum Gasteiger partial charge on any atom is 0.409 e. The minimum Gasteiger partial charge on any atom is -0.324 e. The van der Waals surface area contributed by atoms with E-state index in [-0.39, 0.29) is 24.0 Å². The summed E-state index contributed by atoms with van der Waals surface area (Å²) in [5, 5.41) is 5.64. The van der Waals surface area contributed by atoms with E-state index >= 15 is 0 Å². The fraction of sp³-hybridized carbons (Fsp3) is 0.364. The second kappa shape index (κ2) is 8.10. The van der Waals surface area contributed by atoms with Crippen molar-refractivity contribution in [3.05, 3.63) is 60.2 Å². The Hall–Kier alpha value is -2.87. The Morgan fingerprint density at radius 1 is 1.10 bits per heavy atom. The molecule has 1 fully saturated rings. The normalized spacial score (nSPS) is 20.2. The first kappa shape index (κ1) is 20.4. The molecule has 8 heteroatoms. The molecule has 2 unspecified atom stereocenters. The Morgan fingerprint density at radius 2 is 1.77 bits per heavy atom. The molecule has 2 N–H and O–H groups in total. The lowest BCUT2D eigenvalue weighted by atomic mass is 10.0. The van der Waals surface area contributed by atoms with Gasteiger partial charge in [0, 0.05) is 6.04 Å². The molecule has 4 rings (SSSR count). The number of carbonyl (C=O) groups is 2. The number of amides is 2. The topological polar surface area (TPSA) is 61.4 Å². The fourth-order valence-electron chi connectivity index (χ4n) is 3.92. The van der Waals surface area contributed by atoms with E-state index in [4.69, 9.17) is 0 Å². The monoisotopic (exact) mass is 417 g/mol. The third-order valence-corrected chi connectivity index (χ3v) is 5.50. The lowest BCUT2D eigenvalue weighted by Gasteiger charge is -2.32. The molecule has 1 aliphatic carbocycles. The highest BCUT2D eigenvalue weighted by molar-refractivity contribution is 6.05. The lowest BCUT2D eigenvalue weighted by Crippen LogP contribution is -2.52. The number of rotatable bonds is 5. The number of para-hydroxylation sites is 2. The van der Waals surface area contributed by atoms with Crippen LogP contribution in [-0.4, -0.2) is 30.6 Å².